The molecule has 3 aromatic rings. The summed E-state index contributed by atoms with van der Waals surface area (Å²) in [7, 11) is 0. The van der Waals surface area contributed by atoms with Gasteiger partial charge in [0, 0.05) is 36.5 Å². The highest BCUT2D eigenvalue weighted by atomic mass is 32.1. The molecule has 6 nitrogen and oxygen atoms in total. The molecule has 3 heterocycles. The molecular formula is C22H23N5OS. The van der Waals surface area contributed by atoms with Crippen molar-refractivity contribution in [2.24, 2.45) is 0 Å². The van der Waals surface area contributed by atoms with E-state index in [1.165, 1.54) is 0 Å². The van der Waals surface area contributed by atoms with Crippen LogP contribution in [0, 0.1) is 13.8 Å². The van der Waals surface area contributed by atoms with Crippen molar-refractivity contribution in [3.05, 3.63) is 70.6 Å². The van der Waals surface area contributed by atoms with Crippen molar-refractivity contribution in [2.45, 2.75) is 26.2 Å². The third-order valence-electron chi connectivity index (χ3n) is 4.85. The number of hydrogen-bond acceptors (Lipinski definition) is 6. The molecule has 0 spiro atoms. The van der Waals surface area contributed by atoms with Crippen molar-refractivity contribution in [2.75, 3.05) is 18.4 Å². The summed E-state index contributed by atoms with van der Waals surface area (Å²) in [5.41, 5.74) is 2.98. The second-order valence-corrected chi connectivity index (χ2v) is 8.02. The molecule has 2 aromatic heterocycles. The van der Waals surface area contributed by atoms with Crippen molar-refractivity contribution in [3.8, 4) is 0 Å². The molecule has 0 unspecified atom stereocenters. The van der Waals surface area contributed by atoms with Gasteiger partial charge in [0.15, 0.2) is 5.13 Å². The number of thiazole rings is 1. The number of carbonyl (C=O) groups is 1. The summed E-state index contributed by atoms with van der Waals surface area (Å²) in [6.45, 7) is 5.27. The molecule has 1 amide bonds. The topological polar surface area (TPSA) is 71.0 Å². The van der Waals surface area contributed by atoms with Gasteiger partial charge in [-0.3, -0.25) is 4.79 Å². The third-order valence-corrected chi connectivity index (χ3v) is 5.72. The van der Waals surface area contributed by atoms with Gasteiger partial charge in [0.1, 0.15) is 11.6 Å². The van der Waals surface area contributed by atoms with Crippen LogP contribution in [0.15, 0.2) is 47.9 Å². The fourth-order valence-corrected chi connectivity index (χ4v) is 4.12. The van der Waals surface area contributed by atoms with Crippen LogP contribution < -0.4 is 5.32 Å². The van der Waals surface area contributed by atoms with Gasteiger partial charge in [-0.25, -0.2) is 15.0 Å². The van der Waals surface area contributed by atoms with Crippen LogP contribution in [-0.4, -0.2) is 38.8 Å². The number of rotatable bonds is 5. The number of nitrogens with one attached hydrogen (secondary N) is 1. The Hall–Kier alpha value is -3.06. The minimum atomic E-state index is 0.0405. The maximum atomic E-state index is 12.6. The van der Waals surface area contributed by atoms with Gasteiger partial charge in [-0.05, 0) is 31.9 Å². The van der Waals surface area contributed by atoms with Crippen molar-refractivity contribution in [1.29, 1.82) is 0 Å². The number of benzene rings is 1. The molecule has 0 radical (unpaired) electrons. The fourth-order valence-electron chi connectivity index (χ4n) is 3.42. The number of nitrogens with zero attached hydrogens (tertiary/aromatic N) is 4. The van der Waals surface area contributed by atoms with E-state index in [1.54, 1.807) is 17.4 Å². The highest BCUT2D eigenvalue weighted by Crippen LogP contribution is 2.28. The molecule has 1 saturated heterocycles. The first-order chi connectivity index (χ1) is 14.1. The zero-order valence-electron chi connectivity index (χ0n) is 16.5. The lowest BCUT2D eigenvalue weighted by Crippen LogP contribution is -2.26. The van der Waals surface area contributed by atoms with Gasteiger partial charge in [-0.15, -0.1) is 11.3 Å². The average Bonchev–Trinajstić information content (AvgIpc) is 3.36. The summed E-state index contributed by atoms with van der Waals surface area (Å²) in [4.78, 5) is 28.0. The van der Waals surface area contributed by atoms with E-state index in [9.17, 15) is 4.79 Å². The first-order valence-corrected chi connectivity index (χ1v) is 10.5. The van der Waals surface area contributed by atoms with Gasteiger partial charge >= 0.3 is 0 Å². The van der Waals surface area contributed by atoms with E-state index in [1.807, 2.05) is 66.6 Å². The van der Waals surface area contributed by atoms with E-state index in [0.717, 1.165) is 40.9 Å². The monoisotopic (exact) mass is 405 g/mol. The standard InChI is InChI=1S/C22H23N5OS/c1-15-14-29-22(23-15)26-20-12-19(24-16(2)25-20)18-10-11-27(13-18)21(28)9-8-17-6-4-3-5-7-17/h3-9,12,14,18H,10-11,13H2,1-2H3,(H,23,24,25,26)/b9-8+/t18-/m0/s1. The van der Waals surface area contributed by atoms with Gasteiger partial charge in [-0.1, -0.05) is 30.3 Å². The molecule has 0 saturated carbocycles. The van der Waals surface area contributed by atoms with Crippen LogP contribution in [0.3, 0.4) is 0 Å². The Balaban J connectivity index is 1.43. The van der Waals surface area contributed by atoms with Crippen LogP contribution >= 0.6 is 11.3 Å². The molecule has 1 N–H and O–H groups in total. The maximum Gasteiger partial charge on any atom is 0.246 e. The quantitative estimate of drug-likeness (QED) is 0.640. The molecule has 4 rings (SSSR count). The smallest absolute Gasteiger partial charge is 0.246 e. The van der Waals surface area contributed by atoms with Crippen molar-refractivity contribution in [1.82, 2.24) is 19.9 Å². The minimum absolute atomic E-state index is 0.0405. The molecule has 1 aromatic carbocycles. The summed E-state index contributed by atoms with van der Waals surface area (Å²) in [6.07, 6.45) is 4.42. The van der Waals surface area contributed by atoms with E-state index in [-0.39, 0.29) is 11.8 Å². The van der Waals surface area contributed by atoms with Gasteiger partial charge in [0.25, 0.3) is 0 Å². The van der Waals surface area contributed by atoms with Crippen molar-refractivity contribution in [3.63, 3.8) is 0 Å². The Kier molecular flexibility index (Phi) is 5.67. The van der Waals surface area contributed by atoms with E-state index in [4.69, 9.17) is 0 Å². The minimum Gasteiger partial charge on any atom is -0.338 e. The predicted molar refractivity (Wildman–Crippen MR) is 116 cm³/mol. The lowest BCUT2D eigenvalue weighted by molar-refractivity contribution is -0.124. The molecule has 1 aliphatic rings. The zero-order valence-corrected chi connectivity index (χ0v) is 17.3. The Morgan fingerprint density at radius 3 is 2.79 bits per heavy atom. The van der Waals surface area contributed by atoms with Gasteiger partial charge in [0.05, 0.1) is 11.4 Å². The normalized spacial score (nSPS) is 16.5. The Bertz CT molecular complexity index is 1030. The number of amides is 1. The maximum absolute atomic E-state index is 12.6. The highest BCUT2D eigenvalue weighted by Gasteiger charge is 2.27. The Morgan fingerprint density at radius 2 is 2.03 bits per heavy atom. The van der Waals surface area contributed by atoms with E-state index >= 15 is 0 Å². The van der Waals surface area contributed by atoms with Gasteiger partial charge in [0.2, 0.25) is 5.91 Å². The number of aromatic nitrogens is 3. The third kappa shape index (κ3) is 4.86. The molecular weight excluding hydrogens is 382 g/mol. The molecule has 29 heavy (non-hydrogen) atoms. The van der Waals surface area contributed by atoms with Crippen molar-refractivity contribution >= 4 is 34.3 Å². The second kappa shape index (κ2) is 8.53. The summed E-state index contributed by atoms with van der Waals surface area (Å²) in [6, 6.07) is 11.8. The SMILES string of the molecule is Cc1csc(Nc2cc([C@H]3CCN(C(=O)/C=C/c4ccccc4)C3)nc(C)n2)n1. The average molecular weight is 406 g/mol. The number of hydrogen-bond donors (Lipinski definition) is 1. The summed E-state index contributed by atoms with van der Waals surface area (Å²) in [5.74, 6) is 1.71. The first kappa shape index (κ1) is 19.3. The molecule has 148 valence electrons. The van der Waals surface area contributed by atoms with Crippen LogP contribution in [0.5, 0.6) is 0 Å². The lowest BCUT2D eigenvalue weighted by Gasteiger charge is -2.15. The molecule has 1 aliphatic heterocycles. The molecule has 0 aliphatic carbocycles. The highest BCUT2D eigenvalue weighted by molar-refractivity contribution is 7.13. The predicted octanol–water partition coefficient (Wildman–Crippen LogP) is 4.32. The summed E-state index contributed by atoms with van der Waals surface area (Å²) in [5, 5.41) is 6.09. The largest absolute Gasteiger partial charge is 0.338 e. The Labute approximate surface area is 174 Å². The van der Waals surface area contributed by atoms with Gasteiger partial charge < -0.3 is 10.2 Å². The van der Waals surface area contributed by atoms with Crippen LogP contribution in [-0.2, 0) is 4.79 Å². The van der Waals surface area contributed by atoms with Crippen LogP contribution in [0.4, 0.5) is 10.9 Å². The molecule has 1 fully saturated rings. The summed E-state index contributed by atoms with van der Waals surface area (Å²) < 4.78 is 0. The van der Waals surface area contributed by atoms with E-state index in [2.05, 4.69) is 20.3 Å². The second-order valence-electron chi connectivity index (χ2n) is 7.16. The molecule has 0 bridgehead atoms. The number of aryl methyl sites for hydroxylation is 2. The fraction of sp³-hybridized carbons (Fsp3) is 0.273. The number of likely N-dealkylation sites (tertiary alicyclic amines) is 1. The zero-order chi connectivity index (χ0) is 20.2. The van der Waals surface area contributed by atoms with Crippen LogP contribution in [0.2, 0.25) is 0 Å². The molecule has 1 atom stereocenters. The van der Waals surface area contributed by atoms with E-state index < -0.39 is 0 Å². The Morgan fingerprint density at radius 1 is 1.21 bits per heavy atom. The van der Waals surface area contributed by atoms with Gasteiger partial charge in [-0.2, -0.15) is 0 Å². The van der Waals surface area contributed by atoms with Crippen molar-refractivity contribution < 1.29 is 4.79 Å². The number of carbonyl (C=O) groups excluding carboxylic acids is 1. The number of anilines is 2. The van der Waals surface area contributed by atoms with Crippen LogP contribution in [0.25, 0.3) is 6.08 Å². The summed E-state index contributed by atoms with van der Waals surface area (Å²) >= 11 is 1.55. The van der Waals surface area contributed by atoms with Crippen LogP contribution in [0.1, 0.15) is 35.1 Å². The molecule has 7 heteroatoms. The lowest BCUT2D eigenvalue weighted by atomic mass is 10.0. The first-order valence-electron chi connectivity index (χ1n) is 9.63. The van der Waals surface area contributed by atoms with E-state index in [0.29, 0.717) is 12.4 Å².